The quantitative estimate of drug-likeness (QED) is 0.776. The Labute approximate surface area is 139 Å². The van der Waals surface area contributed by atoms with Gasteiger partial charge in [0, 0.05) is 11.6 Å². The van der Waals surface area contributed by atoms with Crippen LogP contribution < -0.4 is 14.8 Å². The van der Waals surface area contributed by atoms with Crippen LogP contribution in [0.5, 0.6) is 11.5 Å². The lowest BCUT2D eigenvalue weighted by Gasteiger charge is -2.11. The second kappa shape index (κ2) is 6.87. The Kier molecular flexibility index (Phi) is 4.47. The Morgan fingerprint density at radius 2 is 1.88 bits per heavy atom. The van der Waals surface area contributed by atoms with Crippen molar-refractivity contribution in [3.63, 3.8) is 0 Å². The molecule has 0 aliphatic rings. The standard InChI is InChI=1S/C18H16N2O4/c1-22-13-8-9-16(23-2)15(10-13)19-18(21)14-11-24-20-17(14)12-6-4-3-5-7-12/h3-11H,1-2H3,(H,19,21). The average Bonchev–Trinajstić information content (AvgIpc) is 3.12. The lowest BCUT2D eigenvalue weighted by molar-refractivity contribution is 0.102. The molecule has 122 valence electrons. The van der Waals surface area contributed by atoms with Gasteiger partial charge in [-0.25, -0.2) is 0 Å². The van der Waals surface area contributed by atoms with Crippen LogP contribution in [0.1, 0.15) is 10.4 Å². The van der Waals surface area contributed by atoms with Crippen LogP contribution >= 0.6 is 0 Å². The van der Waals surface area contributed by atoms with Crippen molar-refractivity contribution in [2.45, 2.75) is 0 Å². The normalized spacial score (nSPS) is 10.2. The van der Waals surface area contributed by atoms with E-state index in [1.165, 1.54) is 13.4 Å². The number of nitrogens with one attached hydrogen (secondary N) is 1. The van der Waals surface area contributed by atoms with Crippen molar-refractivity contribution in [3.8, 4) is 22.8 Å². The summed E-state index contributed by atoms with van der Waals surface area (Å²) in [7, 11) is 3.09. The molecule has 1 N–H and O–H groups in total. The predicted octanol–water partition coefficient (Wildman–Crippen LogP) is 3.61. The lowest BCUT2D eigenvalue weighted by Crippen LogP contribution is -2.13. The van der Waals surface area contributed by atoms with Gasteiger partial charge in [0.05, 0.1) is 19.9 Å². The molecule has 0 saturated carbocycles. The maximum atomic E-state index is 12.6. The number of carbonyl (C=O) groups is 1. The highest BCUT2D eigenvalue weighted by Crippen LogP contribution is 2.30. The zero-order valence-corrected chi connectivity index (χ0v) is 13.3. The molecule has 0 aliphatic heterocycles. The summed E-state index contributed by atoms with van der Waals surface area (Å²) in [6.07, 6.45) is 1.32. The van der Waals surface area contributed by atoms with Gasteiger partial charge in [-0.15, -0.1) is 0 Å². The van der Waals surface area contributed by atoms with E-state index in [1.54, 1.807) is 25.3 Å². The Hall–Kier alpha value is -3.28. The Morgan fingerprint density at radius 3 is 2.58 bits per heavy atom. The molecule has 0 atom stereocenters. The van der Waals surface area contributed by atoms with Gasteiger partial charge in [0.1, 0.15) is 29.0 Å². The van der Waals surface area contributed by atoms with E-state index < -0.39 is 0 Å². The van der Waals surface area contributed by atoms with E-state index in [0.29, 0.717) is 28.4 Å². The van der Waals surface area contributed by atoms with Gasteiger partial charge in [-0.1, -0.05) is 35.5 Å². The summed E-state index contributed by atoms with van der Waals surface area (Å²) < 4.78 is 15.4. The Balaban J connectivity index is 1.91. The number of ether oxygens (including phenoxy) is 2. The first-order valence-corrected chi connectivity index (χ1v) is 7.26. The van der Waals surface area contributed by atoms with Crippen LogP contribution in [0.25, 0.3) is 11.3 Å². The smallest absolute Gasteiger partial charge is 0.261 e. The molecule has 0 radical (unpaired) electrons. The number of methoxy groups -OCH3 is 2. The minimum absolute atomic E-state index is 0.339. The summed E-state index contributed by atoms with van der Waals surface area (Å²) in [6.45, 7) is 0. The van der Waals surface area contributed by atoms with Crippen LogP contribution in [-0.4, -0.2) is 25.3 Å². The highest BCUT2D eigenvalue weighted by atomic mass is 16.5. The number of benzene rings is 2. The average molecular weight is 324 g/mol. The first-order valence-electron chi connectivity index (χ1n) is 7.26. The fraction of sp³-hybridized carbons (Fsp3) is 0.111. The molecule has 0 spiro atoms. The van der Waals surface area contributed by atoms with Crippen molar-refractivity contribution >= 4 is 11.6 Å². The maximum absolute atomic E-state index is 12.6. The van der Waals surface area contributed by atoms with E-state index in [4.69, 9.17) is 14.0 Å². The second-order valence-electron chi connectivity index (χ2n) is 4.96. The minimum Gasteiger partial charge on any atom is -0.497 e. The molecule has 0 unspecified atom stereocenters. The molecular formula is C18H16N2O4. The molecule has 1 amide bonds. The van der Waals surface area contributed by atoms with Crippen molar-refractivity contribution in [2.24, 2.45) is 0 Å². The number of amides is 1. The zero-order chi connectivity index (χ0) is 16.9. The molecule has 1 aromatic heterocycles. The molecule has 3 aromatic rings. The third-order valence-electron chi connectivity index (χ3n) is 3.52. The molecule has 2 aromatic carbocycles. The first-order chi connectivity index (χ1) is 11.7. The van der Waals surface area contributed by atoms with E-state index in [9.17, 15) is 4.79 Å². The van der Waals surface area contributed by atoms with Crippen molar-refractivity contribution in [3.05, 3.63) is 60.4 Å². The van der Waals surface area contributed by atoms with Crippen molar-refractivity contribution in [1.82, 2.24) is 5.16 Å². The topological polar surface area (TPSA) is 73.6 Å². The summed E-state index contributed by atoms with van der Waals surface area (Å²) in [5.41, 5.74) is 2.12. The van der Waals surface area contributed by atoms with Crippen LogP contribution in [0, 0.1) is 0 Å². The fourth-order valence-electron chi connectivity index (χ4n) is 2.30. The summed E-state index contributed by atoms with van der Waals surface area (Å²) in [4.78, 5) is 12.6. The summed E-state index contributed by atoms with van der Waals surface area (Å²) in [6, 6.07) is 14.5. The summed E-state index contributed by atoms with van der Waals surface area (Å²) in [5, 5.41) is 6.74. The molecule has 0 aliphatic carbocycles. The van der Waals surface area contributed by atoms with Crippen molar-refractivity contribution in [1.29, 1.82) is 0 Å². The van der Waals surface area contributed by atoms with Crippen LogP contribution in [0.4, 0.5) is 5.69 Å². The summed E-state index contributed by atoms with van der Waals surface area (Å²) >= 11 is 0. The third-order valence-corrected chi connectivity index (χ3v) is 3.52. The second-order valence-corrected chi connectivity index (χ2v) is 4.96. The first kappa shape index (κ1) is 15.6. The number of rotatable bonds is 5. The van der Waals surface area contributed by atoms with Crippen LogP contribution in [-0.2, 0) is 0 Å². The lowest BCUT2D eigenvalue weighted by atomic mass is 10.1. The number of aromatic nitrogens is 1. The summed E-state index contributed by atoms with van der Waals surface area (Å²) in [5.74, 6) is 0.795. The van der Waals surface area contributed by atoms with Gasteiger partial charge >= 0.3 is 0 Å². The molecule has 0 bridgehead atoms. The molecule has 3 rings (SSSR count). The van der Waals surface area contributed by atoms with E-state index in [1.807, 2.05) is 30.3 Å². The number of anilines is 1. The van der Waals surface area contributed by atoms with Gasteiger partial charge in [-0.05, 0) is 12.1 Å². The van der Waals surface area contributed by atoms with Crippen LogP contribution in [0.15, 0.2) is 59.3 Å². The predicted molar refractivity (Wildman–Crippen MR) is 89.4 cm³/mol. The highest BCUT2D eigenvalue weighted by molar-refractivity contribution is 6.08. The Bertz CT molecular complexity index is 843. The number of hydrogen-bond acceptors (Lipinski definition) is 5. The minimum atomic E-state index is -0.346. The SMILES string of the molecule is COc1ccc(OC)c(NC(=O)c2conc2-c2ccccc2)c1. The molecule has 1 heterocycles. The number of nitrogens with zero attached hydrogens (tertiary/aromatic N) is 1. The molecule has 6 nitrogen and oxygen atoms in total. The van der Waals surface area contributed by atoms with Gasteiger partial charge in [0.2, 0.25) is 0 Å². The van der Waals surface area contributed by atoms with E-state index in [0.717, 1.165) is 5.56 Å². The molecule has 0 fully saturated rings. The highest BCUT2D eigenvalue weighted by Gasteiger charge is 2.19. The molecule has 6 heteroatoms. The zero-order valence-electron chi connectivity index (χ0n) is 13.3. The number of hydrogen-bond donors (Lipinski definition) is 1. The van der Waals surface area contributed by atoms with E-state index in [2.05, 4.69) is 10.5 Å². The molecule has 0 saturated heterocycles. The van der Waals surface area contributed by atoms with Gasteiger partial charge in [-0.3, -0.25) is 4.79 Å². The fourth-order valence-corrected chi connectivity index (χ4v) is 2.30. The van der Waals surface area contributed by atoms with Gasteiger partial charge in [-0.2, -0.15) is 0 Å². The van der Waals surface area contributed by atoms with Crippen molar-refractivity contribution in [2.75, 3.05) is 19.5 Å². The van der Waals surface area contributed by atoms with E-state index in [-0.39, 0.29) is 5.91 Å². The molecular weight excluding hydrogens is 308 g/mol. The number of carbonyl (C=O) groups excluding carboxylic acids is 1. The van der Waals surface area contributed by atoms with Crippen molar-refractivity contribution < 1.29 is 18.8 Å². The molecule has 24 heavy (non-hydrogen) atoms. The van der Waals surface area contributed by atoms with Gasteiger partial charge in [0.15, 0.2) is 0 Å². The van der Waals surface area contributed by atoms with E-state index >= 15 is 0 Å². The van der Waals surface area contributed by atoms with Gasteiger partial charge < -0.3 is 19.3 Å². The third kappa shape index (κ3) is 3.08. The van der Waals surface area contributed by atoms with Gasteiger partial charge in [0.25, 0.3) is 5.91 Å². The monoisotopic (exact) mass is 324 g/mol. The maximum Gasteiger partial charge on any atom is 0.261 e. The van der Waals surface area contributed by atoms with Crippen LogP contribution in [0.3, 0.4) is 0 Å². The van der Waals surface area contributed by atoms with Crippen LogP contribution in [0.2, 0.25) is 0 Å². The largest absolute Gasteiger partial charge is 0.497 e. The Morgan fingerprint density at radius 1 is 1.08 bits per heavy atom.